The molecule has 1 aliphatic rings. The third-order valence-corrected chi connectivity index (χ3v) is 3.60. The van der Waals surface area contributed by atoms with Gasteiger partial charge >= 0.3 is 5.97 Å². The van der Waals surface area contributed by atoms with Gasteiger partial charge in [0.2, 0.25) is 0 Å². The van der Waals surface area contributed by atoms with Crippen LogP contribution in [0.2, 0.25) is 0 Å². The van der Waals surface area contributed by atoms with Gasteiger partial charge in [0, 0.05) is 6.04 Å². The van der Waals surface area contributed by atoms with Crippen molar-refractivity contribution in [1.82, 2.24) is 5.32 Å². The van der Waals surface area contributed by atoms with E-state index in [2.05, 4.69) is 11.4 Å². The van der Waals surface area contributed by atoms with Crippen molar-refractivity contribution in [3.8, 4) is 6.07 Å². The topological polar surface area (TPSA) is 62.1 Å². The largest absolute Gasteiger partial charge is 0.469 e. The van der Waals surface area contributed by atoms with Gasteiger partial charge in [-0.25, -0.2) is 0 Å². The highest BCUT2D eigenvalue weighted by molar-refractivity contribution is 5.73. The van der Waals surface area contributed by atoms with Gasteiger partial charge in [0.25, 0.3) is 0 Å². The first-order valence-electron chi connectivity index (χ1n) is 6.55. The van der Waals surface area contributed by atoms with Crippen LogP contribution in [-0.2, 0) is 16.0 Å². The summed E-state index contributed by atoms with van der Waals surface area (Å²) < 4.78 is 4.91. The lowest BCUT2D eigenvalue weighted by Gasteiger charge is -2.21. The van der Waals surface area contributed by atoms with E-state index in [1.54, 1.807) is 6.07 Å². The van der Waals surface area contributed by atoms with Gasteiger partial charge in [-0.3, -0.25) is 4.79 Å². The van der Waals surface area contributed by atoms with Gasteiger partial charge in [-0.2, -0.15) is 5.26 Å². The summed E-state index contributed by atoms with van der Waals surface area (Å²) in [4.78, 5) is 11.9. The van der Waals surface area contributed by atoms with Crippen LogP contribution >= 0.6 is 0 Å². The van der Waals surface area contributed by atoms with Gasteiger partial charge < -0.3 is 10.1 Å². The van der Waals surface area contributed by atoms with Gasteiger partial charge in [-0.05, 0) is 43.5 Å². The Morgan fingerprint density at radius 2 is 2.47 bits per heavy atom. The van der Waals surface area contributed by atoms with Crippen LogP contribution in [0.5, 0.6) is 0 Å². The molecule has 0 spiro atoms. The number of nitriles is 1. The van der Waals surface area contributed by atoms with E-state index < -0.39 is 0 Å². The normalized spacial score (nSPS) is 19.7. The van der Waals surface area contributed by atoms with Crippen molar-refractivity contribution in [2.45, 2.75) is 25.3 Å². The zero-order valence-electron chi connectivity index (χ0n) is 11.1. The van der Waals surface area contributed by atoms with Gasteiger partial charge in [-0.1, -0.05) is 12.1 Å². The van der Waals surface area contributed by atoms with Gasteiger partial charge in [0.05, 0.1) is 24.7 Å². The maximum atomic E-state index is 11.9. The smallest absolute Gasteiger partial charge is 0.310 e. The molecule has 1 fully saturated rings. The second-order valence-corrected chi connectivity index (χ2v) is 4.85. The highest BCUT2D eigenvalue weighted by Crippen LogP contribution is 2.21. The number of esters is 1. The molecule has 1 N–H and O–H groups in total. The lowest BCUT2D eigenvalue weighted by molar-refractivity contribution is -0.146. The summed E-state index contributed by atoms with van der Waals surface area (Å²) in [7, 11) is 1.43. The van der Waals surface area contributed by atoms with E-state index in [4.69, 9.17) is 10.00 Å². The Hall–Kier alpha value is -1.86. The zero-order chi connectivity index (χ0) is 13.7. The summed E-state index contributed by atoms with van der Waals surface area (Å²) in [5.74, 6) is -0.358. The average molecular weight is 258 g/mol. The quantitative estimate of drug-likeness (QED) is 0.834. The summed E-state index contributed by atoms with van der Waals surface area (Å²) in [6, 6.07) is 9.71. The molecule has 1 saturated heterocycles. The molecule has 1 aromatic carbocycles. The van der Waals surface area contributed by atoms with E-state index in [9.17, 15) is 4.79 Å². The van der Waals surface area contributed by atoms with E-state index in [-0.39, 0.29) is 17.9 Å². The van der Waals surface area contributed by atoms with E-state index >= 15 is 0 Å². The molecule has 1 heterocycles. The second-order valence-electron chi connectivity index (χ2n) is 4.85. The number of ether oxygens (including phenoxy) is 1. The number of hydrogen-bond acceptors (Lipinski definition) is 4. The molecule has 1 unspecified atom stereocenters. The predicted octanol–water partition coefficient (Wildman–Crippen LogP) is 1.64. The summed E-state index contributed by atoms with van der Waals surface area (Å²) in [5.41, 5.74) is 1.63. The van der Waals surface area contributed by atoms with Gasteiger partial charge in [0.1, 0.15) is 0 Å². The minimum Gasteiger partial charge on any atom is -0.469 e. The SMILES string of the molecule is COC(=O)C(Cc1cccc(C#N)c1)[C@H]1CCCN1. The molecular formula is C15H18N2O2. The van der Waals surface area contributed by atoms with Crippen LogP contribution in [0.1, 0.15) is 24.0 Å². The number of nitrogens with one attached hydrogen (secondary N) is 1. The molecule has 2 atom stereocenters. The number of carbonyl (C=O) groups is 1. The van der Waals surface area contributed by atoms with Crippen molar-refractivity contribution in [3.63, 3.8) is 0 Å². The molecule has 0 aliphatic carbocycles. The molecular weight excluding hydrogens is 240 g/mol. The molecule has 4 heteroatoms. The van der Waals surface area contributed by atoms with Crippen molar-refractivity contribution in [2.24, 2.45) is 5.92 Å². The Kier molecular flexibility index (Phi) is 4.53. The fourth-order valence-corrected chi connectivity index (χ4v) is 2.62. The number of rotatable bonds is 4. The van der Waals surface area contributed by atoms with Crippen LogP contribution in [0.3, 0.4) is 0 Å². The Morgan fingerprint density at radius 1 is 1.63 bits per heavy atom. The Morgan fingerprint density at radius 3 is 3.11 bits per heavy atom. The van der Waals surface area contributed by atoms with E-state index in [1.807, 2.05) is 18.2 Å². The molecule has 0 bridgehead atoms. The summed E-state index contributed by atoms with van der Waals surface area (Å²) >= 11 is 0. The first-order valence-corrected chi connectivity index (χ1v) is 6.55. The third-order valence-electron chi connectivity index (χ3n) is 3.60. The fourth-order valence-electron chi connectivity index (χ4n) is 2.62. The van der Waals surface area contributed by atoms with E-state index in [0.29, 0.717) is 12.0 Å². The van der Waals surface area contributed by atoms with E-state index in [0.717, 1.165) is 24.9 Å². The number of benzene rings is 1. The first-order chi connectivity index (χ1) is 9.24. The highest BCUT2D eigenvalue weighted by atomic mass is 16.5. The van der Waals surface area contributed by atoms with Crippen LogP contribution < -0.4 is 5.32 Å². The summed E-state index contributed by atoms with van der Waals surface area (Å²) in [6.07, 6.45) is 2.70. The maximum Gasteiger partial charge on any atom is 0.310 e. The Balaban J connectivity index is 2.14. The average Bonchev–Trinajstić information content (AvgIpc) is 2.98. The zero-order valence-corrected chi connectivity index (χ0v) is 11.1. The first kappa shape index (κ1) is 13.6. The third kappa shape index (κ3) is 3.33. The lowest BCUT2D eigenvalue weighted by Crippen LogP contribution is -2.37. The van der Waals surface area contributed by atoms with Crippen molar-refractivity contribution < 1.29 is 9.53 Å². The summed E-state index contributed by atoms with van der Waals surface area (Å²) in [5, 5.41) is 12.3. The minimum absolute atomic E-state index is 0.179. The van der Waals surface area contributed by atoms with Crippen LogP contribution in [-0.4, -0.2) is 25.7 Å². The molecule has 1 aliphatic heterocycles. The molecule has 0 aromatic heterocycles. The molecule has 2 rings (SSSR count). The number of carbonyl (C=O) groups excluding carboxylic acids is 1. The predicted molar refractivity (Wildman–Crippen MR) is 71.4 cm³/mol. The molecule has 19 heavy (non-hydrogen) atoms. The van der Waals surface area contributed by atoms with Crippen molar-refractivity contribution in [1.29, 1.82) is 5.26 Å². The van der Waals surface area contributed by atoms with Crippen LogP contribution in [0.25, 0.3) is 0 Å². The monoisotopic (exact) mass is 258 g/mol. The number of nitrogens with zero attached hydrogens (tertiary/aromatic N) is 1. The standard InChI is InChI=1S/C15H18N2O2/c1-19-15(18)13(14-6-3-7-17-14)9-11-4-2-5-12(8-11)10-16/h2,4-5,8,13-14,17H,3,6-7,9H2,1H3/t13?,14-/m1/s1. The Bertz CT molecular complexity index is 487. The number of methoxy groups -OCH3 is 1. The number of hydrogen-bond donors (Lipinski definition) is 1. The minimum atomic E-state index is -0.179. The van der Waals surface area contributed by atoms with Crippen molar-refractivity contribution >= 4 is 5.97 Å². The Labute approximate surface area is 113 Å². The van der Waals surface area contributed by atoms with Gasteiger partial charge in [-0.15, -0.1) is 0 Å². The van der Waals surface area contributed by atoms with Crippen molar-refractivity contribution in [2.75, 3.05) is 13.7 Å². The molecule has 0 saturated carbocycles. The molecule has 4 nitrogen and oxygen atoms in total. The van der Waals surface area contributed by atoms with Crippen LogP contribution in [0.4, 0.5) is 0 Å². The molecule has 0 amide bonds. The second kappa shape index (κ2) is 6.35. The molecule has 100 valence electrons. The van der Waals surface area contributed by atoms with E-state index in [1.165, 1.54) is 7.11 Å². The van der Waals surface area contributed by atoms with Gasteiger partial charge in [0.15, 0.2) is 0 Å². The summed E-state index contributed by atoms with van der Waals surface area (Å²) in [6.45, 7) is 0.955. The highest BCUT2D eigenvalue weighted by Gasteiger charge is 2.31. The maximum absolute atomic E-state index is 11.9. The van der Waals surface area contributed by atoms with Crippen LogP contribution in [0.15, 0.2) is 24.3 Å². The molecule has 1 aromatic rings. The lowest BCUT2D eigenvalue weighted by atomic mass is 9.90. The fraction of sp³-hybridized carbons (Fsp3) is 0.467. The van der Waals surface area contributed by atoms with Crippen LogP contribution in [0, 0.1) is 17.2 Å². The van der Waals surface area contributed by atoms with Crippen molar-refractivity contribution in [3.05, 3.63) is 35.4 Å². The molecule has 0 radical (unpaired) electrons.